The molecule has 1 saturated heterocycles. The molecule has 2 fully saturated rings. The third-order valence-corrected chi connectivity index (χ3v) is 3.98. The van der Waals surface area contributed by atoms with Gasteiger partial charge >= 0.3 is 5.97 Å². The van der Waals surface area contributed by atoms with Gasteiger partial charge in [0.15, 0.2) is 0 Å². The summed E-state index contributed by atoms with van der Waals surface area (Å²) < 4.78 is 0. The van der Waals surface area contributed by atoms with Crippen LogP contribution in [-0.2, 0) is 14.4 Å². The normalized spacial score (nSPS) is 33.4. The summed E-state index contributed by atoms with van der Waals surface area (Å²) in [4.78, 5) is 34.5. The van der Waals surface area contributed by atoms with Gasteiger partial charge in [0.1, 0.15) is 6.04 Å². The Hall–Kier alpha value is -1.59. The van der Waals surface area contributed by atoms with E-state index in [4.69, 9.17) is 5.11 Å². The summed E-state index contributed by atoms with van der Waals surface area (Å²) in [7, 11) is 0. The Balaban J connectivity index is 1.97. The smallest absolute Gasteiger partial charge is 0.307 e. The molecule has 1 saturated carbocycles. The molecule has 1 aliphatic heterocycles. The second-order valence-electron chi connectivity index (χ2n) is 5.61. The zero-order valence-electron chi connectivity index (χ0n) is 10.5. The average molecular weight is 254 g/mol. The highest BCUT2D eigenvalue weighted by Crippen LogP contribution is 2.58. The lowest BCUT2D eigenvalue weighted by atomic mass is 10.1. The summed E-state index contributed by atoms with van der Waals surface area (Å²) >= 11 is 0. The van der Waals surface area contributed by atoms with E-state index in [-0.39, 0.29) is 11.8 Å². The third kappa shape index (κ3) is 2.07. The van der Waals surface area contributed by atoms with E-state index in [1.165, 1.54) is 0 Å². The highest BCUT2D eigenvalue weighted by Gasteiger charge is 2.66. The molecule has 1 aliphatic carbocycles. The average Bonchev–Trinajstić information content (AvgIpc) is 2.85. The number of rotatable bonds is 3. The quantitative estimate of drug-likeness (QED) is 0.646. The van der Waals surface area contributed by atoms with E-state index in [2.05, 4.69) is 10.6 Å². The molecule has 0 aromatic carbocycles. The van der Waals surface area contributed by atoms with Crippen LogP contribution in [0, 0.1) is 17.3 Å². The van der Waals surface area contributed by atoms with E-state index in [0.29, 0.717) is 13.0 Å². The van der Waals surface area contributed by atoms with Crippen LogP contribution < -0.4 is 10.6 Å². The number of carbonyl (C=O) groups excluding carboxylic acids is 2. The molecule has 0 aromatic heterocycles. The number of nitrogens with one attached hydrogen (secondary N) is 2. The van der Waals surface area contributed by atoms with Crippen molar-refractivity contribution in [3.63, 3.8) is 0 Å². The molecule has 3 N–H and O–H groups in total. The monoisotopic (exact) mass is 254 g/mol. The van der Waals surface area contributed by atoms with E-state index in [9.17, 15) is 14.4 Å². The lowest BCUT2D eigenvalue weighted by Crippen LogP contribution is -2.50. The number of hydrogen-bond donors (Lipinski definition) is 3. The first-order chi connectivity index (χ1) is 8.35. The molecular formula is C12H18N2O4. The van der Waals surface area contributed by atoms with E-state index in [1.807, 2.05) is 0 Å². The van der Waals surface area contributed by atoms with Crippen molar-refractivity contribution in [2.75, 3.05) is 6.54 Å². The van der Waals surface area contributed by atoms with Gasteiger partial charge in [-0.3, -0.25) is 14.4 Å². The van der Waals surface area contributed by atoms with Gasteiger partial charge in [-0.05, 0) is 18.3 Å². The number of carbonyl (C=O) groups is 3. The van der Waals surface area contributed by atoms with Gasteiger partial charge in [-0.15, -0.1) is 0 Å². The number of amides is 2. The van der Waals surface area contributed by atoms with Gasteiger partial charge in [0.2, 0.25) is 11.8 Å². The van der Waals surface area contributed by atoms with E-state index in [0.717, 1.165) is 6.42 Å². The van der Waals surface area contributed by atoms with E-state index >= 15 is 0 Å². The third-order valence-electron chi connectivity index (χ3n) is 3.98. The van der Waals surface area contributed by atoms with Crippen molar-refractivity contribution >= 4 is 17.8 Å². The van der Waals surface area contributed by atoms with Crippen LogP contribution in [0.2, 0.25) is 0 Å². The summed E-state index contributed by atoms with van der Waals surface area (Å²) in [6.07, 6.45) is 1.44. The zero-order chi connectivity index (χ0) is 13.5. The van der Waals surface area contributed by atoms with Crippen LogP contribution in [0.25, 0.3) is 0 Å². The lowest BCUT2D eigenvalue weighted by Gasteiger charge is -2.23. The Bertz CT molecular complexity index is 405. The van der Waals surface area contributed by atoms with Crippen molar-refractivity contribution in [1.82, 2.24) is 10.6 Å². The van der Waals surface area contributed by atoms with Crippen LogP contribution in [0.5, 0.6) is 0 Å². The molecule has 0 spiro atoms. The van der Waals surface area contributed by atoms with Gasteiger partial charge in [0.25, 0.3) is 0 Å². The molecule has 0 bridgehead atoms. The molecule has 100 valence electrons. The van der Waals surface area contributed by atoms with Gasteiger partial charge in [-0.1, -0.05) is 13.8 Å². The molecule has 0 radical (unpaired) electrons. The summed E-state index contributed by atoms with van der Waals surface area (Å²) in [5.41, 5.74) is -0.527. The Morgan fingerprint density at radius 3 is 2.56 bits per heavy atom. The number of hydrogen-bond acceptors (Lipinski definition) is 3. The number of carboxylic acid groups (broad SMARTS) is 1. The molecule has 1 heterocycles. The largest absolute Gasteiger partial charge is 0.481 e. The maximum absolute atomic E-state index is 12.0. The zero-order valence-corrected chi connectivity index (χ0v) is 10.5. The first kappa shape index (κ1) is 12.9. The van der Waals surface area contributed by atoms with Crippen LogP contribution in [0.4, 0.5) is 0 Å². The highest BCUT2D eigenvalue weighted by atomic mass is 16.4. The van der Waals surface area contributed by atoms with Crippen LogP contribution in [-0.4, -0.2) is 35.5 Å². The second kappa shape index (κ2) is 4.26. The molecule has 2 aliphatic rings. The molecule has 0 aromatic rings. The Labute approximate surface area is 105 Å². The molecule has 18 heavy (non-hydrogen) atoms. The summed E-state index contributed by atoms with van der Waals surface area (Å²) in [6, 6.07) is -0.517. The Morgan fingerprint density at radius 2 is 2.06 bits per heavy atom. The van der Waals surface area contributed by atoms with Gasteiger partial charge in [-0.25, -0.2) is 0 Å². The topological polar surface area (TPSA) is 95.5 Å². The second-order valence-corrected chi connectivity index (χ2v) is 5.61. The molecule has 6 heteroatoms. The van der Waals surface area contributed by atoms with Gasteiger partial charge in [-0.2, -0.15) is 0 Å². The standard InChI is InChI=1S/C12H18N2O4/c1-12(2)7(8(12)11(17)18)10(16)14-6-4-3-5-13-9(6)15/h6-8H,3-5H2,1-2H3,(H,13,15)(H,14,16)(H,17,18)/t6?,7-,8+/m1/s1. The van der Waals surface area contributed by atoms with Crippen molar-refractivity contribution in [3.05, 3.63) is 0 Å². The molecule has 2 rings (SSSR count). The number of piperidine rings is 1. The fourth-order valence-corrected chi connectivity index (χ4v) is 2.76. The Morgan fingerprint density at radius 1 is 1.39 bits per heavy atom. The first-order valence-corrected chi connectivity index (χ1v) is 6.16. The highest BCUT2D eigenvalue weighted by molar-refractivity contribution is 5.94. The predicted molar refractivity (Wildman–Crippen MR) is 62.6 cm³/mol. The lowest BCUT2D eigenvalue weighted by molar-refractivity contribution is -0.140. The molecule has 2 amide bonds. The van der Waals surface area contributed by atoms with Crippen LogP contribution in [0.15, 0.2) is 0 Å². The van der Waals surface area contributed by atoms with Crippen molar-refractivity contribution in [2.45, 2.75) is 32.7 Å². The van der Waals surface area contributed by atoms with Gasteiger partial charge in [0.05, 0.1) is 11.8 Å². The maximum atomic E-state index is 12.0. The minimum Gasteiger partial charge on any atom is -0.481 e. The van der Waals surface area contributed by atoms with Gasteiger partial charge in [0, 0.05) is 6.54 Å². The van der Waals surface area contributed by atoms with Crippen molar-refractivity contribution < 1.29 is 19.5 Å². The molecule has 1 unspecified atom stereocenters. The number of carboxylic acids is 1. The van der Waals surface area contributed by atoms with Crippen LogP contribution in [0.1, 0.15) is 26.7 Å². The van der Waals surface area contributed by atoms with E-state index < -0.39 is 29.3 Å². The SMILES string of the molecule is CC1(C)[C@H](C(=O)O)[C@@H]1C(=O)NC1CCCNC1=O. The van der Waals surface area contributed by atoms with E-state index in [1.54, 1.807) is 13.8 Å². The van der Waals surface area contributed by atoms with Crippen LogP contribution >= 0.6 is 0 Å². The number of aliphatic carboxylic acids is 1. The summed E-state index contributed by atoms with van der Waals surface area (Å²) in [5.74, 6) is -2.64. The van der Waals surface area contributed by atoms with Crippen molar-refractivity contribution in [2.24, 2.45) is 17.3 Å². The minimum absolute atomic E-state index is 0.181. The Kier molecular flexibility index (Phi) is 3.04. The van der Waals surface area contributed by atoms with Crippen LogP contribution in [0.3, 0.4) is 0 Å². The van der Waals surface area contributed by atoms with Crippen molar-refractivity contribution in [1.29, 1.82) is 0 Å². The molecule has 3 atom stereocenters. The summed E-state index contributed by atoms with van der Waals surface area (Å²) in [6.45, 7) is 4.16. The maximum Gasteiger partial charge on any atom is 0.307 e. The minimum atomic E-state index is -0.951. The van der Waals surface area contributed by atoms with Crippen molar-refractivity contribution in [3.8, 4) is 0 Å². The first-order valence-electron chi connectivity index (χ1n) is 6.16. The molecular weight excluding hydrogens is 236 g/mol. The summed E-state index contributed by atoms with van der Waals surface area (Å²) in [5, 5.41) is 14.3. The predicted octanol–water partition coefficient (Wildman–Crippen LogP) is -0.262. The fourth-order valence-electron chi connectivity index (χ4n) is 2.76. The fraction of sp³-hybridized carbons (Fsp3) is 0.750. The van der Waals surface area contributed by atoms with Gasteiger partial charge < -0.3 is 15.7 Å². The molecule has 6 nitrogen and oxygen atoms in total.